The smallest absolute Gasteiger partial charge is 0.410 e. The Morgan fingerprint density at radius 1 is 1.09 bits per heavy atom. The van der Waals surface area contributed by atoms with Crippen molar-refractivity contribution in [2.45, 2.75) is 70.1 Å². The second-order valence-electron chi connectivity index (χ2n) is 8.72. The maximum absolute atomic E-state index is 12.7. The van der Waals surface area contributed by atoms with E-state index in [1.54, 1.807) is 6.08 Å². The SMILES string of the molecule is C=CCN(C(=O)OCc1ccccc1)C1CCC(OCCCCCCN(C)CCO)CC1. The molecule has 0 saturated heterocycles. The van der Waals surface area contributed by atoms with Crippen molar-refractivity contribution in [3.05, 3.63) is 48.6 Å². The van der Waals surface area contributed by atoms with Gasteiger partial charge in [-0.2, -0.15) is 0 Å². The summed E-state index contributed by atoms with van der Waals surface area (Å²) in [5, 5.41) is 8.91. The first-order chi connectivity index (χ1) is 15.6. The number of rotatable bonds is 15. The molecule has 0 aromatic heterocycles. The summed E-state index contributed by atoms with van der Waals surface area (Å²) in [7, 11) is 2.05. The van der Waals surface area contributed by atoms with Crippen LogP contribution in [0.15, 0.2) is 43.0 Å². The number of aliphatic hydroxyl groups is 1. The summed E-state index contributed by atoms with van der Waals surface area (Å²) in [5.41, 5.74) is 0.994. The van der Waals surface area contributed by atoms with Gasteiger partial charge in [0.05, 0.1) is 12.7 Å². The van der Waals surface area contributed by atoms with E-state index in [9.17, 15) is 4.79 Å². The Labute approximate surface area is 194 Å². The second kappa shape index (κ2) is 15.8. The van der Waals surface area contributed by atoms with Crippen LogP contribution in [0.3, 0.4) is 0 Å². The molecule has 0 unspecified atom stereocenters. The lowest BCUT2D eigenvalue weighted by molar-refractivity contribution is 0.00492. The highest BCUT2D eigenvalue weighted by molar-refractivity contribution is 5.68. The highest BCUT2D eigenvalue weighted by Crippen LogP contribution is 2.26. The summed E-state index contributed by atoms with van der Waals surface area (Å²) in [5.74, 6) is 0. The molecule has 0 spiro atoms. The van der Waals surface area contributed by atoms with E-state index < -0.39 is 0 Å². The van der Waals surface area contributed by atoms with Crippen LogP contribution >= 0.6 is 0 Å². The topological polar surface area (TPSA) is 62.2 Å². The van der Waals surface area contributed by atoms with Crippen molar-refractivity contribution in [2.75, 3.05) is 39.9 Å². The molecule has 1 aromatic rings. The van der Waals surface area contributed by atoms with Crippen molar-refractivity contribution in [1.29, 1.82) is 0 Å². The largest absolute Gasteiger partial charge is 0.445 e. The zero-order valence-corrected chi connectivity index (χ0v) is 19.8. The fraction of sp³-hybridized carbons (Fsp3) is 0.654. The van der Waals surface area contributed by atoms with Crippen LogP contribution < -0.4 is 0 Å². The van der Waals surface area contributed by atoms with Gasteiger partial charge in [-0.05, 0) is 57.7 Å². The second-order valence-corrected chi connectivity index (χ2v) is 8.72. The zero-order chi connectivity index (χ0) is 23.0. The highest BCUT2D eigenvalue weighted by Gasteiger charge is 2.29. The highest BCUT2D eigenvalue weighted by atomic mass is 16.6. The Hall–Kier alpha value is -1.89. The van der Waals surface area contributed by atoms with Gasteiger partial charge >= 0.3 is 6.09 Å². The summed E-state index contributed by atoms with van der Waals surface area (Å²) in [6.45, 7) is 7.46. The number of benzene rings is 1. The monoisotopic (exact) mass is 446 g/mol. The Balaban J connectivity index is 1.61. The Kier molecular flexibility index (Phi) is 13.0. The number of aliphatic hydroxyl groups excluding tert-OH is 1. The Bertz CT molecular complexity index is 632. The molecule has 6 heteroatoms. The van der Waals surface area contributed by atoms with E-state index in [-0.39, 0.29) is 18.7 Å². The molecule has 1 amide bonds. The first-order valence-corrected chi connectivity index (χ1v) is 12.1. The van der Waals surface area contributed by atoms with Gasteiger partial charge in [0.15, 0.2) is 0 Å². The Morgan fingerprint density at radius 2 is 1.81 bits per heavy atom. The average molecular weight is 447 g/mol. The van der Waals surface area contributed by atoms with Crippen molar-refractivity contribution in [3.8, 4) is 0 Å². The number of likely N-dealkylation sites (N-methyl/N-ethyl adjacent to an activating group) is 1. The zero-order valence-electron chi connectivity index (χ0n) is 19.8. The van der Waals surface area contributed by atoms with Crippen LogP contribution in [0.4, 0.5) is 4.79 Å². The molecular weight excluding hydrogens is 404 g/mol. The van der Waals surface area contributed by atoms with Crippen LogP contribution in [-0.2, 0) is 16.1 Å². The van der Waals surface area contributed by atoms with E-state index in [1.165, 1.54) is 19.3 Å². The average Bonchev–Trinajstić information content (AvgIpc) is 2.82. The van der Waals surface area contributed by atoms with E-state index in [0.29, 0.717) is 19.3 Å². The third-order valence-electron chi connectivity index (χ3n) is 6.12. The van der Waals surface area contributed by atoms with Crippen LogP contribution in [0.2, 0.25) is 0 Å². The van der Waals surface area contributed by atoms with E-state index in [2.05, 4.69) is 18.5 Å². The molecule has 0 aliphatic heterocycles. The number of unbranched alkanes of at least 4 members (excludes halogenated alkanes) is 3. The molecule has 0 radical (unpaired) electrons. The maximum Gasteiger partial charge on any atom is 0.410 e. The molecule has 32 heavy (non-hydrogen) atoms. The molecule has 0 atom stereocenters. The number of nitrogens with zero attached hydrogens (tertiary/aromatic N) is 2. The van der Waals surface area contributed by atoms with Crippen molar-refractivity contribution < 1.29 is 19.4 Å². The number of ether oxygens (including phenoxy) is 2. The van der Waals surface area contributed by atoms with Gasteiger partial charge in [0, 0.05) is 25.7 Å². The number of carbonyl (C=O) groups is 1. The van der Waals surface area contributed by atoms with Gasteiger partial charge in [0.25, 0.3) is 0 Å². The number of hydrogen-bond donors (Lipinski definition) is 1. The Morgan fingerprint density at radius 3 is 2.50 bits per heavy atom. The van der Waals surface area contributed by atoms with Crippen molar-refractivity contribution >= 4 is 6.09 Å². The molecule has 1 N–H and O–H groups in total. The minimum Gasteiger partial charge on any atom is -0.445 e. The molecule has 1 aliphatic rings. The normalized spacial score (nSPS) is 18.5. The molecule has 2 rings (SSSR count). The quantitative estimate of drug-likeness (QED) is 0.315. The molecule has 1 fully saturated rings. The first kappa shape index (κ1) is 26.4. The van der Waals surface area contributed by atoms with Crippen molar-refractivity contribution in [2.24, 2.45) is 0 Å². The molecular formula is C26H42N2O4. The van der Waals surface area contributed by atoms with Crippen LogP contribution in [0, 0.1) is 0 Å². The van der Waals surface area contributed by atoms with E-state index in [4.69, 9.17) is 14.6 Å². The van der Waals surface area contributed by atoms with Crippen LogP contribution in [0.5, 0.6) is 0 Å². The lowest BCUT2D eigenvalue weighted by Gasteiger charge is -2.35. The summed E-state index contributed by atoms with van der Waals surface area (Å²) in [6, 6.07) is 9.96. The van der Waals surface area contributed by atoms with Gasteiger partial charge in [-0.3, -0.25) is 0 Å². The third kappa shape index (κ3) is 10.2. The summed E-state index contributed by atoms with van der Waals surface area (Å²) < 4.78 is 11.7. The van der Waals surface area contributed by atoms with Crippen LogP contribution in [0.25, 0.3) is 0 Å². The summed E-state index contributed by atoms with van der Waals surface area (Å²) in [6.07, 6.45) is 10.3. The third-order valence-corrected chi connectivity index (χ3v) is 6.12. The first-order valence-electron chi connectivity index (χ1n) is 12.1. The van der Waals surface area contributed by atoms with E-state index in [0.717, 1.165) is 57.4 Å². The van der Waals surface area contributed by atoms with E-state index in [1.807, 2.05) is 35.2 Å². The van der Waals surface area contributed by atoms with Crippen molar-refractivity contribution in [3.63, 3.8) is 0 Å². The number of hydrogen-bond acceptors (Lipinski definition) is 5. The maximum atomic E-state index is 12.7. The molecule has 1 saturated carbocycles. The van der Waals surface area contributed by atoms with Crippen molar-refractivity contribution in [1.82, 2.24) is 9.80 Å². The predicted molar refractivity (Wildman–Crippen MR) is 129 cm³/mol. The fourth-order valence-electron chi connectivity index (χ4n) is 4.21. The minimum absolute atomic E-state index is 0.187. The minimum atomic E-state index is -0.261. The fourth-order valence-corrected chi connectivity index (χ4v) is 4.21. The van der Waals surface area contributed by atoms with Gasteiger partial charge < -0.3 is 24.4 Å². The van der Waals surface area contributed by atoms with Crippen LogP contribution in [-0.4, -0.2) is 73.0 Å². The standard InChI is InChI=1S/C26H42N2O4/c1-3-17-28(26(30)32-22-23-11-7-6-8-12-23)24-13-15-25(16-14-24)31-21-10-5-4-9-18-27(2)19-20-29/h3,6-8,11-12,24-25,29H,1,4-5,9-10,13-22H2,2H3. The van der Waals surface area contributed by atoms with Gasteiger partial charge in [-0.15, -0.1) is 6.58 Å². The lowest BCUT2D eigenvalue weighted by atomic mass is 9.92. The molecule has 1 aliphatic carbocycles. The van der Waals surface area contributed by atoms with Gasteiger partial charge in [-0.1, -0.05) is 49.2 Å². The summed E-state index contributed by atoms with van der Waals surface area (Å²) >= 11 is 0. The van der Waals surface area contributed by atoms with E-state index >= 15 is 0 Å². The number of carbonyl (C=O) groups excluding carboxylic acids is 1. The molecule has 1 aromatic carbocycles. The molecule has 180 valence electrons. The molecule has 6 nitrogen and oxygen atoms in total. The lowest BCUT2D eigenvalue weighted by Crippen LogP contribution is -2.43. The predicted octanol–water partition coefficient (Wildman–Crippen LogP) is 4.62. The van der Waals surface area contributed by atoms with Gasteiger partial charge in [-0.25, -0.2) is 4.79 Å². The van der Waals surface area contributed by atoms with Crippen LogP contribution in [0.1, 0.15) is 56.9 Å². The number of amides is 1. The van der Waals surface area contributed by atoms with Gasteiger partial charge in [0.2, 0.25) is 0 Å². The van der Waals surface area contributed by atoms with Gasteiger partial charge in [0.1, 0.15) is 6.61 Å². The molecule has 0 heterocycles. The summed E-state index contributed by atoms with van der Waals surface area (Å²) in [4.78, 5) is 16.7. The molecule has 0 bridgehead atoms.